The monoisotopic (exact) mass is 280 g/mol. The highest BCUT2D eigenvalue weighted by Gasteiger charge is 2.36. The number of amides is 2. The maximum Gasteiger partial charge on any atom is 0.266 e. The Balaban J connectivity index is 2.09. The van der Waals surface area contributed by atoms with Crippen LogP contribution in [0.25, 0.3) is 0 Å². The molecular weight excluding hydrogens is 264 g/mol. The molecule has 0 bridgehead atoms. The maximum absolute atomic E-state index is 12.5. The van der Waals surface area contributed by atoms with Crippen LogP contribution in [0.15, 0.2) is 42.5 Å². The number of nitrogens with zero attached hydrogens (tertiary/aromatic N) is 2. The smallest absolute Gasteiger partial charge is 0.266 e. The van der Waals surface area contributed by atoms with Gasteiger partial charge in [0.05, 0.1) is 16.8 Å². The Morgan fingerprint density at radius 1 is 0.905 bits per heavy atom. The van der Waals surface area contributed by atoms with Gasteiger partial charge in [-0.1, -0.05) is 18.2 Å². The van der Waals surface area contributed by atoms with Crippen LogP contribution in [0.2, 0.25) is 0 Å². The number of hydrogen-bond acceptors (Lipinski definition) is 3. The zero-order chi connectivity index (χ0) is 15.1. The Kier molecular flexibility index (Phi) is 3.01. The third kappa shape index (κ3) is 2.00. The number of benzene rings is 2. The van der Waals surface area contributed by atoms with E-state index in [0.29, 0.717) is 16.8 Å². The Bertz CT molecular complexity index is 715. The van der Waals surface area contributed by atoms with Crippen molar-refractivity contribution in [2.24, 2.45) is 0 Å². The van der Waals surface area contributed by atoms with Crippen molar-refractivity contribution < 1.29 is 9.59 Å². The summed E-state index contributed by atoms with van der Waals surface area (Å²) in [6, 6.07) is 12.5. The van der Waals surface area contributed by atoms with Crippen molar-refractivity contribution in [2.75, 3.05) is 23.9 Å². The Morgan fingerprint density at radius 2 is 1.48 bits per heavy atom. The number of rotatable bonds is 2. The van der Waals surface area contributed by atoms with Crippen molar-refractivity contribution in [1.82, 2.24) is 0 Å². The van der Waals surface area contributed by atoms with E-state index < -0.39 is 0 Å². The normalized spacial score (nSPS) is 13.6. The van der Waals surface area contributed by atoms with E-state index in [9.17, 15) is 9.59 Å². The van der Waals surface area contributed by atoms with E-state index in [1.165, 1.54) is 4.90 Å². The average Bonchev–Trinajstić information content (AvgIpc) is 2.72. The molecule has 1 aliphatic rings. The first-order valence-electron chi connectivity index (χ1n) is 6.76. The molecule has 21 heavy (non-hydrogen) atoms. The van der Waals surface area contributed by atoms with Gasteiger partial charge in [0.25, 0.3) is 11.8 Å². The number of anilines is 2. The molecule has 1 aliphatic heterocycles. The molecule has 0 saturated heterocycles. The van der Waals surface area contributed by atoms with E-state index in [-0.39, 0.29) is 11.8 Å². The van der Waals surface area contributed by atoms with Gasteiger partial charge in [-0.15, -0.1) is 0 Å². The molecule has 0 spiro atoms. The van der Waals surface area contributed by atoms with Gasteiger partial charge in [-0.05, 0) is 36.8 Å². The predicted molar refractivity (Wildman–Crippen MR) is 83.1 cm³/mol. The molecular formula is C17H16N2O2. The van der Waals surface area contributed by atoms with E-state index in [1.54, 1.807) is 24.3 Å². The molecule has 106 valence electrons. The van der Waals surface area contributed by atoms with Crippen molar-refractivity contribution in [1.29, 1.82) is 0 Å². The highest BCUT2D eigenvalue weighted by atomic mass is 16.2. The average molecular weight is 280 g/mol. The fraction of sp³-hybridized carbons (Fsp3) is 0.176. The number of carbonyl (C=O) groups is 2. The molecule has 3 rings (SSSR count). The Labute approximate surface area is 123 Å². The molecule has 2 amide bonds. The van der Waals surface area contributed by atoms with Gasteiger partial charge < -0.3 is 4.90 Å². The van der Waals surface area contributed by atoms with Crippen molar-refractivity contribution >= 4 is 23.2 Å². The zero-order valence-electron chi connectivity index (χ0n) is 12.3. The van der Waals surface area contributed by atoms with E-state index in [0.717, 1.165) is 11.3 Å². The van der Waals surface area contributed by atoms with Crippen molar-refractivity contribution in [2.45, 2.75) is 6.92 Å². The third-order valence-corrected chi connectivity index (χ3v) is 3.73. The van der Waals surface area contributed by atoms with Crippen molar-refractivity contribution in [3.63, 3.8) is 0 Å². The molecule has 0 atom stereocenters. The predicted octanol–water partition coefficient (Wildman–Crippen LogP) is 2.86. The van der Waals surface area contributed by atoms with Gasteiger partial charge in [0, 0.05) is 19.8 Å². The summed E-state index contributed by atoms with van der Waals surface area (Å²) in [7, 11) is 3.88. The molecule has 4 heteroatoms. The van der Waals surface area contributed by atoms with E-state index >= 15 is 0 Å². The van der Waals surface area contributed by atoms with Crippen LogP contribution >= 0.6 is 0 Å². The third-order valence-electron chi connectivity index (χ3n) is 3.73. The molecule has 4 nitrogen and oxygen atoms in total. The summed E-state index contributed by atoms with van der Waals surface area (Å²) in [5.74, 6) is -0.520. The second kappa shape index (κ2) is 4.74. The first kappa shape index (κ1) is 13.4. The van der Waals surface area contributed by atoms with Gasteiger partial charge in [-0.2, -0.15) is 0 Å². The SMILES string of the molecule is Cc1ccc(N2C(=O)c3ccccc3C2=O)cc1N(C)C. The van der Waals surface area contributed by atoms with Crippen LogP contribution < -0.4 is 9.80 Å². The molecule has 0 N–H and O–H groups in total. The van der Waals surface area contributed by atoms with E-state index in [1.807, 2.05) is 44.1 Å². The second-order valence-corrected chi connectivity index (χ2v) is 5.36. The summed E-state index contributed by atoms with van der Waals surface area (Å²) < 4.78 is 0. The maximum atomic E-state index is 12.5. The van der Waals surface area contributed by atoms with Crippen LogP contribution in [0.3, 0.4) is 0 Å². The topological polar surface area (TPSA) is 40.6 Å². The number of carbonyl (C=O) groups excluding carboxylic acids is 2. The minimum absolute atomic E-state index is 0.260. The van der Waals surface area contributed by atoms with E-state index in [4.69, 9.17) is 0 Å². The molecule has 0 aromatic heterocycles. The first-order valence-corrected chi connectivity index (χ1v) is 6.76. The van der Waals surface area contributed by atoms with Gasteiger partial charge in [0.15, 0.2) is 0 Å². The lowest BCUT2D eigenvalue weighted by atomic mass is 10.1. The summed E-state index contributed by atoms with van der Waals surface area (Å²) >= 11 is 0. The lowest BCUT2D eigenvalue weighted by Gasteiger charge is -2.20. The van der Waals surface area contributed by atoms with Crippen LogP contribution in [0, 0.1) is 6.92 Å². The van der Waals surface area contributed by atoms with E-state index in [2.05, 4.69) is 0 Å². The van der Waals surface area contributed by atoms with Crippen LogP contribution in [0.1, 0.15) is 26.3 Å². The number of fused-ring (bicyclic) bond motifs is 1. The molecule has 1 heterocycles. The van der Waals surface area contributed by atoms with Gasteiger partial charge in [-0.25, -0.2) is 4.90 Å². The van der Waals surface area contributed by atoms with Crippen LogP contribution in [0.5, 0.6) is 0 Å². The summed E-state index contributed by atoms with van der Waals surface area (Å²) in [6.45, 7) is 2.00. The molecule has 0 fully saturated rings. The molecule has 0 aliphatic carbocycles. The Morgan fingerprint density at radius 3 is 2.00 bits per heavy atom. The Hall–Kier alpha value is -2.62. The standard InChI is InChI=1S/C17H16N2O2/c1-11-8-9-12(10-15(11)18(2)3)19-16(20)13-6-4-5-7-14(13)17(19)21/h4-10H,1-3H3. The number of imide groups is 1. The minimum atomic E-state index is -0.260. The second-order valence-electron chi connectivity index (χ2n) is 5.36. The fourth-order valence-electron chi connectivity index (χ4n) is 2.64. The summed E-state index contributed by atoms with van der Waals surface area (Å²) in [5.41, 5.74) is 3.63. The van der Waals surface area contributed by atoms with Crippen LogP contribution in [0.4, 0.5) is 11.4 Å². The zero-order valence-corrected chi connectivity index (χ0v) is 12.3. The molecule has 0 saturated carbocycles. The van der Waals surface area contributed by atoms with Crippen molar-refractivity contribution in [3.8, 4) is 0 Å². The first-order chi connectivity index (χ1) is 10.0. The summed E-state index contributed by atoms with van der Waals surface area (Å²) in [4.78, 5) is 28.1. The highest BCUT2D eigenvalue weighted by Crippen LogP contribution is 2.31. The van der Waals surface area contributed by atoms with Gasteiger partial charge in [0.1, 0.15) is 0 Å². The quantitative estimate of drug-likeness (QED) is 0.794. The van der Waals surface area contributed by atoms with Gasteiger partial charge >= 0.3 is 0 Å². The van der Waals surface area contributed by atoms with Gasteiger partial charge in [-0.3, -0.25) is 9.59 Å². The fourth-order valence-corrected chi connectivity index (χ4v) is 2.64. The molecule has 2 aromatic rings. The van der Waals surface area contributed by atoms with Crippen LogP contribution in [-0.2, 0) is 0 Å². The lowest BCUT2D eigenvalue weighted by Crippen LogP contribution is -2.29. The molecule has 0 radical (unpaired) electrons. The minimum Gasteiger partial charge on any atom is -0.377 e. The number of aryl methyl sites for hydroxylation is 1. The summed E-state index contributed by atoms with van der Waals surface area (Å²) in [6.07, 6.45) is 0. The van der Waals surface area contributed by atoms with Crippen molar-refractivity contribution in [3.05, 3.63) is 59.2 Å². The molecule has 2 aromatic carbocycles. The summed E-state index contributed by atoms with van der Waals surface area (Å²) in [5, 5.41) is 0. The van der Waals surface area contributed by atoms with Gasteiger partial charge in [0.2, 0.25) is 0 Å². The lowest BCUT2D eigenvalue weighted by molar-refractivity contribution is 0.0926. The highest BCUT2D eigenvalue weighted by molar-refractivity contribution is 6.34. The van der Waals surface area contributed by atoms with Crippen LogP contribution in [-0.4, -0.2) is 25.9 Å². The molecule has 0 unspecified atom stereocenters. The largest absolute Gasteiger partial charge is 0.377 e. The number of hydrogen-bond donors (Lipinski definition) is 0.